The van der Waals surface area contributed by atoms with E-state index in [1.807, 2.05) is 0 Å². The van der Waals surface area contributed by atoms with Gasteiger partial charge in [-0.15, -0.1) is 0 Å². The number of unbranched alkanes of at least 4 members (excludes halogenated alkanes) is 6. The Balaban J connectivity index is 2.44. The molecular weight excluding hydrogens is 280 g/mol. The van der Waals surface area contributed by atoms with Crippen molar-refractivity contribution in [3.63, 3.8) is 0 Å². The Bertz CT molecular complexity index is 468. The van der Waals surface area contributed by atoms with Crippen molar-refractivity contribution in [1.29, 1.82) is 0 Å². The van der Waals surface area contributed by atoms with Crippen molar-refractivity contribution in [3.8, 4) is 11.5 Å². The number of methoxy groups -OCH3 is 1. The van der Waals surface area contributed by atoms with Crippen molar-refractivity contribution >= 4 is 12.6 Å². The molecule has 0 amide bonds. The molecule has 0 N–H and O–H groups in total. The van der Waals surface area contributed by atoms with E-state index in [2.05, 4.69) is 6.92 Å². The molecule has 0 aliphatic heterocycles. The van der Waals surface area contributed by atoms with Crippen LogP contribution in [0.25, 0.3) is 0 Å². The molecule has 0 bridgehead atoms. The van der Waals surface area contributed by atoms with Gasteiger partial charge < -0.3 is 9.47 Å². The van der Waals surface area contributed by atoms with Crippen LogP contribution >= 0.6 is 0 Å². The van der Waals surface area contributed by atoms with Gasteiger partial charge in [0.15, 0.2) is 12.6 Å². The third-order valence-corrected chi connectivity index (χ3v) is 3.62. The van der Waals surface area contributed by atoms with Gasteiger partial charge in [-0.1, -0.05) is 45.4 Å². The number of benzene rings is 1. The van der Waals surface area contributed by atoms with Gasteiger partial charge in [0.25, 0.3) is 0 Å². The van der Waals surface area contributed by atoms with Gasteiger partial charge in [0.05, 0.1) is 24.8 Å². The Morgan fingerprint density at radius 2 is 1.41 bits per heavy atom. The molecule has 0 aromatic heterocycles. The highest BCUT2D eigenvalue weighted by Gasteiger charge is 2.10. The minimum atomic E-state index is 0.389. The van der Waals surface area contributed by atoms with Gasteiger partial charge in [0.2, 0.25) is 0 Å². The van der Waals surface area contributed by atoms with Gasteiger partial charge in [0, 0.05) is 0 Å². The first-order valence-corrected chi connectivity index (χ1v) is 8.02. The summed E-state index contributed by atoms with van der Waals surface area (Å²) in [5, 5.41) is 0. The maximum absolute atomic E-state index is 11.1. The maximum atomic E-state index is 11.1. The normalized spacial score (nSPS) is 10.3. The third kappa shape index (κ3) is 5.88. The van der Waals surface area contributed by atoms with E-state index >= 15 is 0 Å². The van der Waals surface area contributed by atoms with Crippen LogP contribution in [-0.4, -0.2) is 26.3 Å². The molecule has 0 aliphatic carbocycles. The molecular formula is C18H26O4. The number of rotatable bonds is 12. The first kappa shape index (κ1) is 18.2. The van der Waals surface area contributed by atoms with Crippen LogP contribution in [-0.2, 0) is 0 Å². The molecule has 0 heterocycles. The molecule has 1 aromatic rings. The van der Waals surface area contributed by atoms with E-state index in [0.29, 0.717) is 35.5 Å². The average molecular weight is 306 g/mol. The summed E-state index contributed by atoms with van der Waals surface area (Å²) < 4.78 is 10.7. The first-order valence-electron chi connectivity index (χ1n) is 8.02. The molecule has 0 aliphatic rings. The standard InChI is InChI=1S/C18H26O4/c1-3-4-5-6-7-8-9-10-22-18-12-15(13-19)17(21-2)11-16(18)14-20/h11-14H,3-10H2,1-2H3. The number of hydrogen-bond acceptors (Lipinski definition) is 4. The molecule has 0 saturated heterocycles. The molecule has 4 heteroatoms. The van der Waals surface area contributed by atoms with Crippen LogP contribution in [0, 0.1) is 0 Å². The van der Waals surface area contributed by atoms with E-state index in [4.69, 9.17) is 9.47 Å². The summed E-state index contributed by atoms with van der Waals surface area (Å²) in [6, 6.07) is 3.10. The lowest BCUT2D eigenvalue weighted by Crippen LogP contribution is -2.02. The quantitative estimate of drug-likeness (QED) is 0.423. The summed E-state index contributed by atoms with van der Waals surface area (Å²) in [4.78, 5) is 22.1. The molecule has 0 radical (unpaired) electrons. The molecule has 1 aromatic carbocycles. The molecule has 122 valence electrons. The van der Waals surface area contributed by atoms with E-state index in [1.54, 1.807) is 6.07 Å². The maximum Gasteiger partial charge on any atom is 0.153 e. The van der Waals surface area contributed by atoms with Crippen LogP contribution in [0.4, 0.5) is 0 Å². The highest BCUT2D eigenvalue weighted by atomic mass is 16.5. The number of carbonyl (C=O) groups is 2. The summed E-state index contributed by atoms with van der Waals surface area (Å²) in [7, 11) is 1.47. The van der Waals surface area contributed by atoms with Crippen molar-refractivity contribution in [3.05, 3.63) is 23.3 Å². The monoisotopic (exact) mass is 306 g/mol. The van der Waals surface area contributed by atoms with E-state index in [1.165, 1.54) is 45.3 Å². The van der Waals surface area contributed by atoms with Gasteiger partial charge in [-0.3, -0.25) is 9.59 Å². The van der Waals surface area contributed by atoms with Crippen molar-refractivity contribution in [2.45, 2.75) is 51.9 Å². The summed E-state index contributed by atoms with van der Waals surface area (Å²) in [6.45, 7) is 2.76. The second-order valence-corrected chi connectivity index (χ2v) is 5.34. The van der Waals surface area contributed by atoms with Gasteiger partial charge >= 0.3 is 0 Å². The Kier molecular flexibility index (Phi) is 8.96. The van der Waals surface area contributed by atoms with Crippen LogP contribution in [0.1, 0.15) is 72.6 Å². The lowest BCUT2D eigenvalue weighted by molar-refractivity contribution is 0.110. The van der Waals surface area contributed by atoms with Crippen LogP contribution in [0.5, 0.6) is 11.5 Å². The zero-order chi connectivity index (χ0) is 16.2. The summed E-state index contributed by atoms with van der Waals surface area (Å²) in [6.07, 6.45) is 9.84. The molecule has 0 atom stereocenters. The molecule has 22 heavy (non-hydrogen) atoms. The van der Waals surface area contributed by atoms with Crippen LogP contribution < -0.4 is 9.47 Å². The predicted molar refractivity (Wildman–Crippen MR) is 87.3 cm³/mol. The Labute approximate surface area is 132 Å². The predicted octanol–water partition coefficient (Wildman–Crippen LogP) is 4.45. The molecule has 1 rings (SSSR count). The Morgan fingerprint density at radius 1 is 0.864 bits per heavy atom. The van der Waals surface area contributed by atoms with E-state index in [9.17, 15) is 9.59 Å². The second-order valence-electron chi connectivity index (χ2n) is 5.34. The average Bonchev–Trinajstić information content (AvgIpc) is 2.56. The van der Waals surface area contributed by atoms with Crippen LogP contribution in [0.2, 0.25) is 0 Å². The van der Waals surface area contributed by atoms with Crippen molar-refractivity contribution in [2.75, 3.05) is 13.7 Å². The lowest BCUT2D eigenvalue weighted by Gasteiger charge is -2.11. The minimum absolute atomic E-state index is 0.389. The zero-order valence-electron chi connectivity index (χ0n) is 13.6. The number of carbonyl (C=O) groups excluding carboxylic acids is 2. The second kappa shape index (κ2) is 10.8. The van der Waals surface area contributed by atoms with Gasteiger partial charge in [-0.2, -0.15) is 0 Å². The Morgan fingerprint density at radius 3 is 2.00 bits per heavy atom. The summed E-state index contributed by atoms with van der Waals surface area (Å²) in [5.74, 6) is 0.837. The van der Waals surface area contributed by atoms with Gasteiger partial charge in [-0.25, -0.2) is 0 Å². The largest absolute Gasteiger partial charge is 0.496 e. The van der Waals surface area contributed by atoms with Crippen molar-refractivity contribution in [2.24, 2.45) is 0 Å². The zero-order valence-corrected chi connectivity index (χ0v) is 13.6. The summed E-state index contributed by atoms with van der Waals surface area (Å²) in [5.41, 5.74) is 0.799. The molecule has 0 saturated carbocycles. The van der Waals surface area contributed by atoms with E-state index < -0.39 is 0 Å². The molecule has 0 unspecified atom stereocenters. The van der Waals surface area contributed by atoms with Crippen LogP contribution in [0.3, 0.4) is 0 Å². The van der Waals surface area contributed by atoms with E-state index in [-0.39, 0.29) is 0 Å². The SMILES string of the molecule is CCCCCCCCCOc1cc(C=O)c(OC)cc1C=O. The van der Waals surface area contributed by atoms with E-state index in [0.717, 1.165) is 19.1 Å². The van der Waals surface area contributed by atoms with Gasteiger partial charge in [-0.05, 0) is 18.6 Å². The van der Waals surface area contributed by atoms with Crippen molar-refractivity contribution in [1.82, 2.24) is 0 Å². The topological polar surface area (TPSA) is 52.6 Å². The fourth-order valence-corrected chi connectivity index (χ4v) is 2.32. The number of hydrogen-bond donors (Lipinski definition) is 0. The number of ether oxygens (including phenoxy) is 2. The minimum Gasteiger partial charge on any atom is -0.496 e. The molecule has 4 nitrogen and oxygen atoms in total. The van der Waals surface area contributed by atoms with Crippen LogP contribution in [0.15, 0.2) is 12.1 Å². The highest BCUT2D eigenvalue weighted by Crippen LogP contribution is 2.27. The lowest BCUT2D eigenvalue weighted by atomic mass is 10.1. The number of aldehydes is 2. The smallest absolute Gasteiger partial charge is 0.153 e. The first-order chi connectivity index (χ1) is 10.8. The highest BCUT2D eigenvalue weighted by molar-refractivity contribution is 5.87. The summed E-state index contributed by atoms with van der Waals surface area (Å²) >= 11 is 0. The molecule has 0 spiro atoms. The fourth-order valence-electron chi connectivity index (χ4n) is 2.32. The fraction of sp³-hybridized carbons (Fsp3) is 0.556. The van der Waals surface area contributed by atoms with Gasteiger partial charge in [0.1, 0.15) is 11.5 Å². The molecule has 0 fully saturated rings. The van der Waals surface area contributed by atoms with Crippen molar-refractivity contribution < 1.29 is 19.1 Å². The Hall–Kier alpha value is -1.84. The third-order valence-electron chi connectivity index (χ3n) is 3.62.